The molecule has 1 fully saturated rings. The SMILES string of the molecule is C#CC(=O)C1C(=O)CC(c2c(C)cc(C)cc2C)CC1=O. The molecule has 0 bridgehead atoms. The van der Waals surface area contributed by atoms with E-state index >= 15 is 0 Å². The number of hydrogen-bond acceptors (Lipinski definition) is 3. The van der Waals surface area contributed by atoms with Crippen LogP contribution in [0.3, 0.4) is 0 Å². The fourth-order valence-electron chi connectivity index (χ4n) is 3.39. The summed E-state index contributed by atoms with van der Waals surface area (Å²) in [6.07, 6.45) is 5.44. The van der Waals surface area contributed by atoms with Gasteiger partial charge in [-0.15, -0.1) is 6.42 Å². The van der Waals surface area contributed by atoms with Gasteiger partial charge >= 0.3 is 0 Å². The van der Waals surface area contributed by atoms with Crippen LogP contribution in [0.15, 0.2) is 12.1 Å². The minimum atomic E-state index is -1.24. The molecule has 0 atom stereocenters. The number of rotatable bonds is 2. The molecule has 0 aliphatic heterocycles. The average Bonchev–Trinajstić information content (AvgIpc) is 2.36. The van der Waals surface area contributed by atoms with E-state index in [9.17, 15) is 14.4 Å². The molecule has 0 spiro atoms. The third-order valence-electron chi connectivity index (χ3n) is 4.09. The fraction of sp³-hybridized carbons (Fsp3) is 0.389. The molecule has 0 amide bonds. The van der Waals surface area contributed by atoms with E-state index in [0.29, 0.717) is 0 Å². The molecular weight excluding hydrogens is 264 g/mol. The van der Waals surface area contributed by atoms with Crippen LogP contribution < -0.4 is 0 Å². The zero-order chi connectivity index (χ0) is 15.7. The molecule has 3 heteroatoms. The molecule has 1 aromatic rings. The molecule has 1 saturated carbocycles. The monoisotopic (exact) mass is 282 g/mol. The highest BCUT2D eigenvalue weighted by molar-refractivity contribution is 6.25. The van der Waals surface area contributed by atoms with Crippen molar-refractivity contribution in [2.24, 2.45) is 5.92 Å². The van der Waals surface area contributed by atoms with Crippen LogP contribution in [0.4, 0.5) is 0 Å². The van der Waals surface area contributed by atoms with Gasteiger partial charge < -0.3 is 0 Å². The second-order valence-corrected chi connectivity index (χ2v) is 5.79. The molecule has 0 unspecified atom stereocenters. The van der Waals surface area contributed by atoms with Crippen LogP contribution in [0, 0.1) is 39.0 Å². The van der Waals surface area contributed by atoms with E-state index < -0.39 is 11.7 Å². The zero-order valence-corrected chi connectivity index (χ0v) is 12.5. The molecule has 3 nitrogen and oxygen atoms in total. The third-order valence-corrected chi connectivity index (χ3v) is 4.09. The van der Waals surface area contributed by atoms with Crippen LogP contribution in [-0.4, -0.2) is 17.3 Å². The van der Waals surface area contributed by atoms with Crippen molar-refractivity contribution in [3.8, 4) is 12.3 Å². The Morgan fingerprint density at radius 3 is 2.00 bits per heavy atom. The van der Waals surface area contributed by atoms with Crippen molar-refractivity contribution in [2.75, 3.05) is 0 Å². The van der Waals surface area contributed by atoms with Crippen LogP contribution in [0.5, 0.6) is 0 Å². The first kappa shape index (κ1) is 15.2. The molecule has 2 rings (SSSR count). The van der Waals surface area contributed by atoms with E-state index in [-0.39, 0.29) is 30.3 Å². The topological polar surface area (TPSA) is 51.2 Å². The Morgan fingerprint density at radius 2 is 1.57 bits per heavy atom. The summed E-state index contributed by atoms with van der Waals surface area (Å²) in [5.41, 5.74) is 4.37. The molecule has 21 heavy (non-hydrogen) atoms. The van der Waals surface area contributed by atoms with Gasteiger partial charge in [0.15, 0.2) is 11.6 Å². The van der Waals surface area contributed by atoms with Crippen LogP contribution in [0.2, 0.25) is 0 Å². The summed E-state index contributed by atoms with van der Waals surface area (Å²) in [6, 6.07) is 4.10. The van der Waals surface area contributed by atoms with Crippen molar-refractivity contribution in [3.63, 3.8) is 0 Å². The van der Waals surface area contributed by atoms with Gasteiger partial charge in [-0.3, -0.25) is 14.4 Å². The lowest BCUT2D eigenvalue weighted by Crippen LogP contribution is -2.37. The number of ketones is 3. The summed E-state index contributed by atoms with van der Waals surface area (Å²) in [6.45, 7) is 5.99. The summed E-state index contributed by atoms with van der Waals surface area (Å²) in [4.78, 5) is 35.8. The van der Waals surface area contributed by atoms with Crippen LogP contribution in [0.25, 0.3) is 0 Å². The third kappa shape index (κ3) is 2.80. The summed E-state index contributed by atoms with van der Waals surface area (Å²) < 4.78 is 0. The molecule has 108 valence electrons. The van der Waals surface area contributed by atoms with E-state index in [1.54, 1.807) is 0 Å². The van der Waals surface area contributed by atoms with Gasteiger partial charge in [-0.05, 0) is 49.3 Å². The maximum atomic E-state index is 12.1. The summed E-state index contributed by atoms with van der Waals surface area (Å²) in [5.74, 6) is -0.889. The average molecular weight is 282 g/mol. The maximum absolute atomic E-state index is 12.1. The summed E-state index contributed by atoms with van der Waals surface area (Å²) in [5, 5.41) is 0. The summed E-state index contributed by atoms with van der Waals surface area (Å²) >= 11 is 0. The van der Waals surface area contributed by atoms with E-state index in [2.05, 4.69) is 12.1 Å². The minimum absolute atomic E-state index is 0.146. The van der Waals surface area contributed by atoms with Gasteiger partial charge in [-0.2, -0.15) is 0 Å². The molecule has 0 saturated heterocycles. The van der Waals surface area contributed by atoms with Crippen molar-refractivity contribution < 1.29 is 14.4 Å². The van der Waals surface area contributed by atoms with Crippen LogP contribution in [-0.2, 0) is 14.4 Å². The van der Waals surface area contributed by atoms with Crippen molar-refractivity contribution in [1.29, 1.82) is 0 Å². The van der Waals surface area contributed by atoms with Crippen LogP contribution >= 0.6 is 0 Å². The van der Waals surface area contributed by atoms with Gasteiger partial charge in [0.1, 0.15) is 5.92 Å². The largest absolute Gasteiger partial charge is 0.298 e. The second-order valence-electron chi connectivity index (χ2n) is 5.79. The zero-order valence-electron chi connectivity index (χ0n) is 12.5. The molecule has 0 heterocycles. The molecule has 1 aliphatic carbocycles. The Bertz CT molecular complexity index is 635. The van der Waals surface area contributed by atoms with Gasteiger partial charge in [0.2, 0.25) is 5.78 Å². The van der Waals surface area contributed by atoms with E-state index in [0.717, 1.165) is 22.3 Å². The van der Waals surface area contributed by atoms with Crippen molar-refractivity contribution in [2.45, 2.75) is 39.5 Å². The number of benzene rings is 1. The Morgan fingerprint density at radius 1 is 1.10 bits per heavy atom. The fourth-order valence-corrected chi connectivity index (χ4v) is 3.39. The standard InChI is InChI=1S/C18H18O3/c1-5-14(19)18-15(20)8-13(9-16(18)21)17-11(3)6-10(2)7-12(17)4/h1,6-7,13,18H,8-9H2,2-4H3. The Labute approximate surface area is 124 Å². The highest BCUT2D eigenvalue weighted by Gasteiger charge is 2.40. The van der Waals surface area contributed by atoms with Gasteiger partial charge in [0.05, 0.1) is 0 Å². The highest BCUT2D eigenvalue weighted by Crippen LogP contribution is 2.36. The number of carbonyl (C=O) groups is 3. The minimum Gasteiger partial charge on any atom is -0.298 e. The number of Topliss-reactive ketones (excluding diaryl/α,β-unsaturated/α-hetero) is 3. The smallest absolute Gasteiger partial charge is 0.223 e. The van der Waals surface area contributed by atoms with Gasteiger partial charge in [-0.25, -0.2) is 0 Å². The molecule has 0 radical (unpaired) electrons. The number of carbonyl (C=O) groups excluding carboxylic acids is 3. The number of aryl methyl sites for hydroxylation is 3. The molecule has 0 aromatic heterocycles. The quantitative estimate of drug-likeness (QED) is 0.475. The maximum Gasteiger partial charge on any atom is 0.223 e. The lowest BCUT2D eigenvalue weighted by Gasteiger charge is -2.27. The lowest BCUT2D eigenvalue weighted by molar-refractivity contribution is -0.140. The first-order valence-corrected chi connectivity index (χ1v) is 6.98. The van der Waals surface area contributed by atoms with E-state index in [1.807, 2.05) is 26.7 Å². The first-order valence-electron chi connectivity index (χ1n) is 6.98. The first-order chi connectivity index (χ1) is 9.85. The van der Waals surface area contributed by atoms with Gasteiger partial charge in [-0.1, -0.05) is 17.7 Å². The lowest BCUT2D eigenvalue weighted by atomic mass is 9.73. The molecule has 0 N–H and O–H groups in total. The highest BCUT2D eigenvalue weighted by atomic mass is 16.2. The van der Waals surface area contributed by atoms with E-state index in [4.69, 9.17) is 6.42 Å². The van der Waals surface area contributed by atoms with Crippen molar-refractivity contribution in [3.05, 3.63) is 34.4 Å². The Hall–Kier alpha value is -2.21. The normalized spacial score (nSPS) is 22.0. The van der Waals surface area contributed by atoms with E-state index in [1.165, 1.54) is 0 Å². The van der Waals surface area contributed by atoms with Crippen molar-refractivity contribution in [1.82, 2.24) is 0 Å². The Balaban J connectivity index is 2.35. The van der Waals surface area contributed by atoms with Crippen molar-refractivity contribution >= 4 is 17.3 Å². The second kappa shape index (κ2) is 5.65. The molecular formula is C18H18O3. The predicted molar refractivity (Wildman–Crippen MR) is 80.0 cm³/mol. The molecule has 1 aliphatic rings. The van der Waals surface area contributed by atoms with Gasteiger partial charge in [0, 0.05) is 12.8 Å². The number of terminal acetylenes is 1. The molecule has 1 aromatic carbocycles. The van der Waals surface area contributed by atoms with Gasteiger partial charge in [0.25, 0.3) is 0 Å². The Kier molecular flexibility index (Phi) is 4.09. The number of hydrogen-bond donors (Lipinski definition) is 0. The summed E-state index contributed by atoms with van der Waals surface area (Å²) in [7, 11) is 0. The van der Waals surface area contributed by atoms with Crippen LogP contribution in [0.1, 0.15) is 41.0 Å². The predicted octanol–water partition coefficient (Wildman–Crippen LogP) is 2.45.